The van der Waals surface area contributed by atoms with Crippen LogP contribution in [0.5, 0.6) is 0 Å². The van der Waals surface area contributed by atoms with E-state index in [1.165, 1.54) is 12.1 Å². The molecule has 3 N–H and O–H groups in total. The van der Waals surface area contributed by atoms with Crippen LogP contribution < -0.4 is 0 Å². The Morgan fingerprint density at radius 3 is 2.59 bits per heavy atom. The van der Waals surface area contributed by atoms with Gasteiger partial charge in [0.05, 0.1) is 17.8 Å². The molecule has 0 saturated carbocycles. The molecule has 0 bridgehead atoms. The lowest BCUT2D eigenvalue weighted by atomic mass is 10.0. The molecular formula is C13H18O4. The van der Waals surface area contributed by atoms with E-state index in [1.807, 2.05) is 0 Å². The summed E-state index contributed by atoms with van der Waals surface area (Å²) in [6.07, 6.45) is 0.820. The van der Waals surface area contributed by atoms with Gasteiger partial charge in [0, 0.05) is 0 Å². The first-order chi connectivity index (χ1) is 8.00. The van der Waals surface area contributed by atoms with Crippen molar-refractivity contribution >= 4 is 5.97 Å². The summed E-state index contributed by atoms with van der Waals surface area (Å²) < 4.78 is 0. The van der Waals surface area contributed by atoms with Crippen molar-refractivity contribution in [1.29, 1.82) is 0 Å². The molecule has 0 amide bonds. The van der Waals surface area contributed by atoms with Gasteiger partial charge < -0.3 is 15.3 Å². The third-order valence-corrected chi connectivity index (χ3v) is 2.62. The molecule has 1 aromatic carbocycles. The van der Waals surface area contributed by atoms with Gasteiger partial charge in [0.25, 0.3) is 0 Å². The van der Waals surface area contributed by atoms with E-state index >= 15 is 0 Å². The predicted octanol–water partition coefficient (Wildman–Crippen LogP) is 1.97. The Balaban J connectivity index is 2.59. The molecular weight excluding hydrogens is 220 g/mol. The highest BCUT2D eigenvalue weighted by atomic mass is 16.4. The van der Waals surface area contributed by atoms with E-state index in [2.05, 4.69) is 0 Å². The summed E-state index contributed by atoms with van der Waals surface area (Å²) in [4.78, 5) is 10.8. The zero-order valence-electron chi connectivity index (χ0n) is 9.84. The van der Waals surface area contributed by atoms with Crippen molar-refractivity contribution in [2.75, 3.05) is 0 Å². The minimum Gasteiger partial charge on any atom is -0.478 e. The molecule has 0 aliphatic carbocycles. The van der Waals surface area contributed by atoms with E-state index in [1.54, 1.807) is 19.1 Å². The second-order valence-electron chi connectivity index (χ2n) is 4.23. The minimum atomic E-state index is -0.997. The van der Waals surface area contributed by atoms with Gasteiger partial charge in [0.2, 0.25) is 0 Å². The second kappa shape index (κ2) is 6.37. The molecule has 1 rings (SSSR count). The smallest absolute Gasteiger partial charge is 0.335 e. The second-order valence-corrected chi connectivity index (χ2v) is 4.23. The molecule has 4 heteroatoms. The van der Waals surface area contributed by atoms with Gasteiger partial charge in [-0.25, -0.2) is 4.79 Å². The fraction of sp³-hybridized carbons (Fsp3) is 0.462. The topological polar surface area (TPSA) is 77.8 Å². The lowest BCUT2D eigenvalue weighted by molar-refractivity contribution is 0.0696. The zero-order valence-corrected chi connectivity index (χ0v) is 9.84. The average molecular weight is 238 g/mol. The Hall–Kier alpha value is -1.39. The molecule has 0 heterocycles. The number of carboxylic acids is 1. The van der Waals surface area contributed by atoms with Gasteiger partial charge in [-0.15, -0.1) is 0 Å². The van der Waals surface area contributed by atoms with Crippen LogP contribution in [0.4, 0.5) is 0 Å². The molecule has 0 aromatic heterocycles. The van der Waals surface area contributed by atoms with Gasteiger partial charge in [-0.1, -0.05) is 12.1 Å². The first-order valence-electron chi connectivity index (χ1n) is 5.70. The maximum atomic E-state index is 10.8. The summed E-state index contributed by atoms with van der Waals surface area (Å²) in [7, 11) is 0. The lowest BCUT2D eigenvalue weighted by Crippen LogP contribution is -2.04. The number of carboxylic acid groups (broad SMARTS) is 1. The molecule has 17 heavy (non-hydrogen) atoms. The number of aromatic carboxylic acids is 1. The maximum absolute atomic E-state index is 10.8. The van der Waals surface area contributed by atoms with Crippen LogP contribution >= 0.6 is 0 Å². The molecule has 4 nitrogen and oxygen atoms in total. The van der Waals surface area contributed by atoms with Crippen molar-refractivity contribution in [3.05, 3.63) is 35.4 Å². The fourth-order valence-electron chi connectivity index (χ4n) is 1.65. The van der Waals surface area contributed by atoms with Gasteiger partial charge in [-0.2, -0.15) is 0 Å². The van der Waals surface area contributed by atoms with Crippen molar-refractivity contribution in [3.63, 3.8) is 0 Å². The SMILES string of the molecule is CC(O)CCCC(O)c1cccc(C(=O)O)c1. The first-order valence-corrected chi connectivity index (χ1v) is 5.70. The van der Waals surface area contributed by atoms with Crippen molar-refractivity contribution in [2.24, 2.45) is 0 Å². The molecule has 1 aromatic rings. The van der Waals surface area contributed by atoms with Crippen LogP contribution in [0.3, 0.4) is 0 Å². The Morgan fingerprint density at radius 1 is 1.29 bits per heavy atom. The van der Waals surface area contributed by atoms with Gasteiger partial charge in [0.1, 0.15) is 0 Å². The van der Waals surface area contributed by atoms with Crippen molar-refractivity contribution in [3.8, 4) is 0 Å². The highest BCUT2D eigenvalue weighted by Crippen LogP contribution is 2.20. The largest absolute Gasteiger partial charge is 0.478 e. The number of aliphatic hydroxyl groups excluding tert-OH is 2. The number of aliphatic hydroxyl groups is 2. The molecule has 0 aliphatic rings. The highest BCUT2D eigenvalue weighted by Gasteiger charge is 2.10. The van der Waals surface area contributed by atoms with Gasteiger partial charge in [0.15, 0.2) is 0 Å². The van der Waals surface area contributed by atoms with E-state index < -0.39 is 12.1 Å². The number of hydrogen-bond acceptors (Lipinski definition) is 3. The van der Waals surface area contributed by atoms with Crippen molar-refractivity contribution in [1.82, 2.24) is 0 Å². The number of benzene rings is 1. The Morgan fingerprint density at radius 2 is 2.00 bits per heavy atom. The van der Waals surface area contributed by atoms with E-state index in [-0.39, 0.29) is 11.7 Å². The first kappa shape index (κ1) is 13.7. The fourth-order valence-corrected chi connectivity index (χ4v) is 1.65. The molecule has 0 aliphatic heterocycles. The standard InChI is InChI=1S/C13H18O4/c1-9(14)4-2-7-12(15)10-5-3-6-11(8-10)13(16)17/h3,5-6,8-9,12,14-15H,2,4,7H2,1H3,(H,16,17). The van der Waals surface area contributed by atoms with Crippen LogP contribution in [0.25, 0.3) is 0 Å². The zero-order chi connectivity index (χ0) is 12.8. The van der Waals surface area contributed by atoms with E-state index in [0.717, 1.165) is 0 Å². The lowest BCUT2D eigenvalue weighted by Gasteiger charge is -2.12. The van der Waals surface area contributed by atoms with Crippen LogP contribution in [-0.2, 0) is 0 Å². The molecule has 0 fully saturated rings. The molecule has 0 saturated heterocycles. The average Bonchev–Trinajstić information content (AvgIpc) is 2.28. The molecule has 0 spiro atoms. The normalized spacial score (nSPS) is 14.3. The van der Waals surface area contributed by atoms with Gasteiger partial charge >= 0.3 is 5.97 Å². The van der Waals surface area contributed by atoms with E-state index in [9.17, 15) is 9.90 Å². The van der Waals surface area contributed by atoms with Crippen LogP contribution in [0.2, 0.25) is 0 Å². The predicted molar refractivity (Wildman–Crippen MR) is 63.9 cm³/mol. The van der Waals surface area contributed by atoms with Gasteiger partial charge in [-0.05, 0) is 43.9 Å². The Kier molecular flexibility index (Phi) is 5.12. The quantitative estimate of drug-likeness (QED) is 0.708. The third kappa shape index (κ3) is 4.54. The molecule has 0 radical (unpaired) electrons. The summed E-state index contributed by atoms with van der Waals surface area (Å²) in [6, 6.07) is 6.31. The van der Waals surface area contributed by atoms with E-state index in [4.69, 9.17) is 10.2 Å². The third-order valence-electron chi connectivity index (χ3n) is 2.62. The molecule has 94 valence electrons. The number of carbonyl (C=O) groups is 1. The van der Waals surface area contributed by atoms with Crippen LogP contribution in [0, 0.1) is 0 Å². The van der Waals surface area contributed by atoms with Gasteiger partial charge in [-0.3, -0.25) is 0 Å². The number of rotatable bonds is 6. The highest BCUT2D eigenvalue weighted by molar-refractivity contribution is 5.87. The maximum Gasteiger partial charge on any atom is 0.335 e. The Labute approximate surface area is 101 Å². The Bertz CT molecular complexity index is 373. The summed E-state index contributed by atoms with van der Waals surface area (Å²) in [5.41, 5.74) is 0.785. The monoisotopic (exact) mass is 238 g/mol. The number of hydrogen-bond donors (Lipinski definition) is 3. The molecule has 2 atom stereocenters. The van der Waals surface area contributed by atoms with Crippen LogP contribution in [-0.4, -0.2) is 27.4 Å². The van der Waals surface area contributed by atoms with Crippen molar-refractivity contribution < 1.29 is 20.1 Å². The van der Waals surface area contributed by atoms with Crippen molar-refractivity contribution in [2.45, 2.75) is 38.4 Å². The van der Waals surface area contributed by atoms with Crippen LogP contribution in [0.1, 0.15) is 48.2 Å². The summed E-state index contributed by atoms with van der Waals surface area (Å²) in [5, 5.41) is 27.8. The summed E-state index contributed by atoms with van der Waals surface area (Å²) in [5.74, 6) is -0.997. The van der Waals surface area contributed by atoms with Crippen LogP contribution in [0.15, 0.2) is 24.3 Å². The minimum absolute atomic E-state index is 0.178. The summed E-state index contributed by atoms with van der Waals surface area (Å²) >= 11 is 0. The summed E-state index contributed by atoms with van der Waals surface area (Å²) in [6.45, 7) is 1.71. The molecule has 2 unspecified atom stereocenters. The van der Waals surface area contributed by atoms with E-state index in [0.29, 0.717) is 24.8 Å².